The fourth-order valence-corrected chi connectivity index (χ4v) is 4.05. The van der Waals surface area contributed by atoms with Gasteiger partial charge >= 0.3 is 0 Å². The van der Waals surface area contributed by atoms with E-state index in [2.05, 4.69) is 37.4 Å². The molecule has 0 aromatic carbocycles. The highest BCUT2D eigenvalue weighted by Crippen LogP contribution is 2.38. The van der Waals surface area contributed by atoms with Crippen molar-refractivity contribution in [3.8, 4) is 0 Å². The summed E-state index contributed by atoms with van der Waals surface area (Å²) >= 11 is 2.06. The monoisotopic (exact) mass is 260 g/mol. The summed E-state index contributed by atoms with van der Waals surface area (Å²) in [4.78, 5) is 2.57. The number of hydrogen-bond acceptors (Lipinski definition) is 4. The van der Waals surface area contributed by atoms with Gasteiger partial charge in [0.2, 0.25) is 0 Å². The van der Waals surface area contributed by atoms with Crippen LogP contribution in [0.1, 0.15) is 27.2 Å². The van der Waals surface area contributed by atoms with Crippen LogP contribution in [0.15, 0.2) is 0 Å². The van der Waals surface area contributed by atoms with Crippen molar-refractivity contribution in [1.29, 1.82) is 0 Å². The summed E-state index contributed by atoms with van der Waals surface area (Å²) in [5, 5.41) is 0.732. The van der Waals surface area contributed by atoms with Crippen LogP contribution in [-0.2, 0) is 4.74 Å². The first-order valence-electron chi connectivity index (χ1n) is 6.59. The lowest BCUT2D eigenvalue weighted by molar-refractivity contribution is 0.0625. The van der Waals surface area contributed by atoms with Crippen molar-refractivity contribution in [3.63, 3.8) is 0 Å². The number of nitrogens with two attached hydrogens (primary N) is 1. The van der Waals surface area contributed by atoms with E-state index in [1.807, 2.05) is 0 Å². The van der Waals surface area contributed by atoms with Gasteiger partial charge in [0.05, 0.1) is 6.61 Å². The van der Waals surface area contributed by atoms with Crippen molar-refractivity contribution in [2.75, 3.05) is 39.1 Å². The van der Waals surface area contributed by atoms with Crippen LogP contribution in [0, 0.1) is 5.92 Å². The minimum absolute atomic E-state index is 0.201. The van der Waals surface area contributed by atoms with Crippen LogP contribution in [-0.4, -0.2) is 54.8 Å². The molecule has 0 radical (unpaired) electrons. The highest BCUT2D eigenvalue weighted by atomic mass is 32.2. The van der Waals surface area contributed by atoms with E-state index in [4.69, 9.17) is 10.5 Å². The van der Waals surface area contributed by atoms with Gasteiger partial charge in [0, 0.05) is 43.3 Å². The molecule has 0 aromatic heterocycles. The Morgan fingerprint density at radius 1 is 1.53 bits per heavy atom. The molecule has 4 heteroatoms. The third-order valence-corrected chi connectivity index (χ3v) is 4.95. The second kappa shape index (κ2) is 6.98. The topological polar surface area (TPSA) is 38.5 Å². The summed E-state index contributed by atoms with van der Waals surface area (Å²) in [5.41, 5.74) is 6.28. The third-order valence-electron chi connectivity index (χ3n) is 3.51. The Kier molecular flexibility index (Phi) is 6.27. The van der Waals surface area contributed by atoms with Gasteiger partial charge in [-0.25, -0.2) is 0 Å². The van der Waals surface area contributed by atoms with Crippen molar-refractivity contribution < 1.29 is 4.74 Å². The Labute approximate surface area is 110 Å². The largest absolute Gasteiger partial charge is 0.383 e. The van der Waals surface area contributed by atoms with Gasteiger partial charge in [-0.2, -0.15) is 11.8 Å². The number of ether oxygens (including phenoxy) is 1. The van der Waals surface area contributed by atoms with Crippen LogP contribution in [0.5, 0.6) is 0 Å². The first kappa shape index (κ1) is 15.3. The first-order valence-corrected chi connectivity index (χ1v) is 7.64. The van der Waals surface area contributed by atoms with E-state index in [9.17, 15) is 0 Å². The Hall–Kier alpha value is 0.230. The molecule has 17 heavy (non-hydrogen) atoms. The predicted molar refractivity (Wildman–Crippen MR) is 76.6 cm³/mol. The quantitative estimate of drug-likeness (QED) is 0.758. The van der Waals surface area contributed by atoms with Crippen LogP contribution < -0.4 is 5.73 Å². The van der Waals surface area contributed by atoms with E-state index in [0.29, 0.717) is 5.92 Å². The molecule has 102 valence electrons. The Bertz CT molecular complexity index is 225. The molecule has 1 fully saturated rings. The standard InChI is InChI=1S/C13H28N2OS/c1-11(2)8-15(5-6-16-4)13(9-14)7-12(3)17-10-13/h11-12H,5-10,14H2,1-4H3. The lowest BCUT2D eigenvalue weighted by Crippen LogP contribution is -2.56. The SMILES string of the molecule is COCCN(CC(C)C)C1(CN)CSC(C)C1. The molecule has 1 rings (SSSR count). The van der Waals surface area contributed by atoms with Crippen LogP contribution in [0.3, 0.4) is 0 Å². The van der Waals surface area contributed by atoms with Gasteiger partial charge in [0.1, 0.15) is 0 Å². The number of rotatable bonds is 7. The highest BCUT2D eigenvalue weighted by Gasteiger charge is 2.41. The van der Waals surface area contributed by atoms with Crippen molar-refractivity contribution in [3.05, 3.63) is 0 Å². The van der Waals surface area contributed by atoms with Crippen LogP contribution in [0.4, 0.5) is 0 Å². The van der Waals surface area contributed by atoms with E-state index in [-0.39, 0.29) is 5.54 Å². The van der Waals surface area contributed by atoms with Gasteiger partial charge < -0.3 is 10.5 Å². The minimum Gasteiger partial charge on any atom is -0.383 e. The third kappa shape index (κ3) is 4.12. The van der Waals surface area contributed by atoms with E-state index in [0.717, 1.165) is 31.5 Å². The molecule has 1 heterocycles. The lowest BCUT2D eigenvalue weighted by Gasteiger charge is -2.41. The maximum atomic E-state index is 6.08. The van der Waals surface area contributed by atoms with Gasteiger partial charge in [-0.1, -0.05) is 20.8 Å². The average molecular weight is 260 g/mol. The normalized spacial score (nSPS) is 29.5. The molecule has 1 saturated heterocycles. The number of thioether (sulfide) groups is 1. The maximum Gasteiger partial charge on any atom is 0.0589 e. The molecular weight excluding hydrogens is 232 g/mol. The summed E-state index contributed by atoms with van der Waals surface area (Å²) < 4.78 is 5.24. The summed E-state index contributed by atoms with van der Waals surface area (Å²) in [6, 6.07) is 0. The Morgan fingerprint density at radius 3 is 2.65 bits per heavy atom. The molecule has 0 saturated carbocycles. The first-order chi connectivity index (χ1) is 8.04. The second-order valence-corrected chi connectivity index (χ2v) is 7.01. The van der Waals surface area contributed by atoms with Crippen LogP contribution >= 0.6 is 11.8 Å². The molecule has 2 unspecified atom stereocenters. The van der Waals surface area contributed by atoms with Crippen molar-refractivity contribution in [2.45, 2.75) is 38.0 Å². The fourth-order valence-electron chi connectivity index (χ4n) is 2.61. The highest BCUT2D eigenvalue weighted by molar-refractivity contribution is 8.00. The molecule has 0 spiro atoms. The fraction of sp³-hybridized carbons (Fsp3) is 1.00. The minimum atomic E-state index is 0.201. The summed E-state index contributed by atoms with van der Waals surface area (Å²) in [5.74, 6) is 1.84. The number of methoxy groups -OCH3 is 1. The molecule has 0 bridgehead atoms. The van der Waals surface area contributed by atoms with Gasteiger partial charge in [-0.15, -0.1) is 0 Å². The summed E-state index contributed by atoms with van der Waals surface area (Å²) in [6.45, 7) is 10.5. The van der Waals surface area contributed by atoms with E-state index in [1.54, 1.807) is 7.11 Å². The molecule has 1 aliphatic rings. The van der Waals surface area contributed by atoms with E-state index >= 15 is 0 Å². The van der Waals surface area contributed by atoms with Gasteiger partial charge in [0.25, 0.3) is 0 Å². The number of hydrogen-bond donors (Lipinski definition) is 1. The zero-order valence-corrected chi connectivity index (χ0v) is 12.6. The van der Waals surface area contributed by atoms with E-state index in [1.165, 1.54) is 12.2 Å². The summed E-state index contributed by atoms with van der Waals surface area (Å²) in [6.07, 6.45) is 1.21. The molecule has 0 aliphatic carbocycles. The zero-order valence-electron chi connectivity index (χ0n) is 11.7. The van der Waals surface area contributed by atoms with Crippen LogP contribution in [0.2, 0.25) is 0 Å². The Morgan fingerprint density at radius 2 is 2.24 bits per heavy atom. The van der Waals surface area contributed by atoms with Crippen molar-refractivity contribution >= 4 is 11.8 Å². The molecular formula is C13H28N2OS. The average Bonchev–Trinajstić information content (AvgIpc) is 2.67. The molecule has 0 aromatic rings. The predicted octanol–water partition coefficient (Wildman–Crippen LogP) is 1.81. The maximum absolute atomic E-state index is 6.08. The molecule has 3 nitrogen and oxygen atoms in total. The molecule has 2 atom stereocenters. The molecule has 1 aliphatic heterocycles. The van der Waals surface area contributed by atoms with E-state index < -0.39 is 0 Å². The van der Waals surface area contributed by atoms with Crippen LogP contribution in [0.25, 0.3) is 0 Å². The van der Waals surface area contributed by atoms with Gasteiger partial charge in [-0.3, -0.25) is 4.90 Å². The molecule has 2 N–H and O–H groups in total. The summed E-state index contributed by atoms with van der Waals surface area (Å²) in [7, 11) is 1.77. The van der Waals surface area contributed by atoms with Crippen molar-refractivity contribution in [1.82, 2.24) is 4.90 Å². The van der Waals surface area contributed by atoms with Gasteiger partial charge in [0.15, 0.2) is 0 Å². The zero-order chi connectivity index (χ0) is 12.9. The van der Waals surface area contributed by atoms with Gasteiger partial charge in [-0.05, 0) is 12.3 Å². The smallest absolute Gasteiger partial charge is 0.0589 e. The van der Waals surface area contributed by atoms with Crippen molar-refractivity contribution in [2.24, 2.45) is 11.7 Å². The molecule has 0 amide bonds. The second-order valence-electron chi connectivity index (χ2n) is 5.59. The Balaban J connectivity index is 2.70. The lowest BCUT2D eigenvalue weighted by atomic mass is 9.92. The number of nitrogens with zero attached hydrogens (tertiary/aromatic N) is 1.